The third kappa shape index (κ3) is 4.83. The fourth-order valence-electron chi connectivity index (χ4n) is 4.07. The molecule has 0 radical (unpaired) electrons. The second kappa shape index (κ2) is 9.33. The minimum absolute atomic E-state index is 0.110. The molecule has 0 saturated carbocycles. The van der Waals surface area contributed by atoms with E-state index in [1.54, 1.807) is 0 Å². The summed E-state index contributed by atoms with van der Waals surface area (Å²) in [6.45, 7) is 2.94. The molecule has 9 heteroatoms. The Balaban J connectivity index is 1.28. The van der Waals surface area contributed by atoms with Crippen LogP contribution in [0.2, 0.25) is 0 Å². The van der Waals surface area contributed by atoms with E-state index < -0.39 is 0 Å². The normalized spacial score (nSPS) is 14.9. The summed E-state index contributed by atoms with van der Waals surface area (Å²) in [6.07, 6.45) is 1.94. The van der Waals surface area contributed by atoms with Crippen LogP contribution in [0.3, 0.4) is 0 Å². The first-order valence-corrected chi connectivity index (χ1v) is 11.1. The van der Waals surface area contributed by atoms with Gasteiger partial charge >= 0.3 is 0 Å². The van der Waals surface area contributed by atoms with Crippen molar-refractivity contribution in [3.05, 3.63) is 72.1 Å². The summed E-state index contributed by atoms with van der Waals surface area (Å²) in [4.78, 5) is 21.9. The zero-order valence-corrected chi connectivity index (χ0v) is 18.5. The van der Waals surface area contributed by atoms with Crippen molar-refractivity contribution in [2.75, 3.05) is 30.8 Å². The average molecular weight is 443 g/mol. The Bertz CT molecular complexity index is 1190. The van der Waals surface area contributed by atoms with Gasteiger partial charge in [0, 0.05) is 25.2 Å². The van der Waals surface area contributed by atoms with Crippen LogP contribution in [0.4, 0.5) is 17.6 Å². The minimum atomic E-state index is 0.110. The van der Waals surface area contributed by atoms with Crippen molar-refractivity contribution in [1.29, 1.82) is 0 Å². The summed E-state index contributed by atoms with van der Waals surface area (Å²) in [5.74, 6) is 2.01. The third-order valence-electron chi connectivity index (χ3n) is 5.91. The topological polar surface area (TPSA) is 110 Å². The molecule has 0 spiro atoms. The van der Waals surface area contributed by atoms with Crippen molar-refractivity contribution in [2.45, 2.75) is 25.3 Å². The highest BCUT2D eigenvalue weighted by Gasteiger charge is 2.26. The minimum Gasteiger partial charge on any atom is -0.368 e. The zero-order chi connectivity index (χ0) is 22.6. The van der Waals surface area contributed by atoms with Gasteiger partial charge in [-0.3, -0.25) is 4.90 Å². The van der Waals surface area contributed by atoms with Gasteiger partial charge in [0.1, 0.15) is 0 Å². The zero-order valence-electron chi connectivity index (χ0n) is 18.5. The van der Waals surface area contributed by atoms with Crippen molar-refractivity contribution in [2.24, 2.45) is 0 Å². The number of hydrogen-bond acceptors (Lipinski definition) is 9. The molecule has 1 aliphatic heterocycles. The molecule has 4 aromatic rings. The smallest absolute Gasteiger partial charge is 0.240 e. The Morgan fingerprint density at radius 2 is 1.61 bits per heavy atom. The second-order valence-electron chi connectivity index (χ2n) is 8.20. The molecule has 0 atom stereocenters. The van der Waals surface area contributed by atoms with Crippen LogP contribution in [0, 0.1) is 0 Å². The molecular weight excluding hydrogens is 416 g/mol. The van der Waals surface area contributed by atoms with Crippen molar-refractivity contribution in [3.8, 4) is 11.6 Å². The van der Waals surface area contributed by atoms with Gasteiger partial charge in [0.25, 0.3) is 0 Å². The summed E-state index contributed by atoms with van der Waals surface area (Å²) in [7, 11) is 1.87. The molecule has 2 aromatic carbocycles. The number of anilines is 3. The highest BCUT2D eigenvalue weighted by atomic mass is 16.5. The van der Waals surface area contributed by atoms with Gasteiger partial charge in [0.15, 0.2) is 0 Å². The van der Waals surface area contributed by atoms with Crippen LogP contribution >= 0.6 is 0 Å². The molecule has 9 nitrogen and oxygen atoms in total. The predicted molar refractivity (Wildman–Crippen MR) is 126 cm³/mol. The molecule has 33 heavy (non-hydrogen) atoms. The second-order valence-corrected chi connectivity index (χ2v) is 8.20. The maximum atomic E-state index is 5.96. The van der Waals surface area contributed by atoms with E-state index in [0.29, 0.717) is 23.5 Å². The first-order valence-electron chi connectivity index (χ1n) is 11.1. The number of nitrogens with zero attached hydrogens (tertiary/aromatic N) is 7. The van der Waals surface area contributed by atoms with Gasteiger partial charge in [-0.05, 0) is 43.6 Å². The van der Waals surface area contributed by atoms with E-state index in [2.05, 4.69) is 54.3 Å². The number of rotatable bonds is 6. The van der Waals surface area contributed by atoms with Gasteiger partial charge in [-0.25, -0.2) is 0 Å². The maximum absolute atomic E-state index is 5.96. The molecule has 0 aliphatic carbocycles. The summed E-state index contributed by atoms with van der Waals surface area (Å²) in [5, 5.41) is 4.14. The van der Waals surface area contributed by atoms with E-state index in [4.69, 9.17) is 10.3 Å². The quantitative estimate of drug-likeness (QED) is 0.478. The molecule has 1 saturated heterocycles. The van der Waals surface area contributed by atoms with Crippen LogP contribution < -0.4 is 10.6 Å². The molecule has 0 unspecified atom stereocenters. The number of piperidine rings is 1. The molecule has 0 amide bonds. The van der Waals surface area contributed by atoms with Crippen molar-refractivity contribution in [3.63, 3.8) is 0 Å². The predicted octanol–water partition coefficient (Wildman–Crippen LogP) is 3.65. The Morgan fingerprint density at radius 3 is 2.33 bits per heavy atom. The van der Waals surface area contributed by atoms with Gasteiger partial charge in [0.05, 0.1) is 0 Å². The van der Waals surface area contributed by atoms with E-state index >= 15 is 0 Å². The third-order valence-corrected chi connectivity index (χ3v) is 5.91. The number of benzene rings is 2. The van der Waals surface area contributed by atoms with E-state index in [9.17, 15) is 0 Å². The lowest BCUT2D eigenvalue weighted by molar-refractivity contribution is 0.187. The highest BCUT2D eigenvalue weighted by Crippen LogP contribution is 2.29. The van der Waals surface area contributed by atoms with Crippen molar-refractivity contribution >= 4 is 17.6 Å². The van der Waals surface area contributed by atoms with Crippen LogP contribution in [0.15, 0.2) is 65.2 Å². The van der Waals surface area contributed by atoms with Gasteiger partial charge < -0.3 is 15.2 Å². The number of nitrogens with two attached hydrogens (primary N) is 1. The Labute approximate surface area is 192 Å². The van der Waals surface area contributed by atoms with Gasteiger partial charge in [-0.2, -0.15) is 19.9 Å². The average Bonchev–Trinajstić information content (AvgIpc) is 3.35. The Morgan fingerprint density at radius 1 is 0.909 bits per heavy atom. The Kier molecular flexibility index (Phi) is 5.95. The molecule has 2 aromatic heterocycles. The molecule has 1 fully saturated rings. The number of aromatic nitrogens is 5. The van der Waals surface area contributed by atoms with Gasteiger partial charge in [0.2, 0.25) is 29.4 Å². The Hall–Kier alpha value is -3.85. The lowest BCUT2D eigenvalue weighted by Crippen LogP contribution is -2.32. The maximum Gasteiger partial charge on any atom is 0.240 e. The lowest BCUT2D eigenvalue weighted by atomic mass is 9.96. The monoisotopic (exact) mass is 442 g/mol. The van der Waals surface area contributed by atoms with Gasteiger partial charge in [-0.15, -0.1) is 0 Å². The molecule has 0 bridgehead atoms. The van der Waals surface area contributed by atoms with Crippen LogP contribution in [0.1, 0.15) is 30.2 Å². The molecule has 5 rings (SSSR count). The number of likely N-dealkylation sites (tertiary alicyclic amines) is 1. The molecule has 1 aliphatic rings. The fraction of sp³-hybridized carbons (Fsp3) is 0.292. The number of hydrogen-bond donors (Lipinski definition) is 1. The van der Waals surface area contributed by atoms with E-state index in [1.165, 1.54) is 5.56 Å². The number of nitrogen functional groups attached to an aromatic ring is 1. The SMILES string of the molecule is CN(c1ccccc1)c1nc(N)nc(-c2noc(C3CCN(Cc4ccccc4)CC3)n2)n1. The number of para-hydroxylation sites is 1. The first kappa shape index (κ1) is 21.0. The molecule has 168 valence electrons. The largest absolute Gasteiger partial charge is 0.368 e. The van der Waals surface area contributed by atoms with Crippen LogP contribution in [0.25, 0.3) is 11.6 Å². The van der Waals surface area contributed by atoms with Crippen LogP contribution in [-0.4, -0.2) is 50.1 Å². The van der Waals surface area contributed by atoms with E-state index in [1.807, 2.05) is 48.3 Å². The van der Waals surface area contributed by atoms with Gasteiger partial charge in [-0.1, -0.05) is 53.7 Å². The van der Waals surface area contributed by atoms with E-state index in [0.717, 1.165) is 38.2 Å². The molecule has 3 heterocycles. The fourth-order valence-corrected chi connectivity index (χ4v) is 4.07. The highest BCUT2D eigenvalue weighted by molar-refractivity contribution is 5.58. The summed E-state index contributed by atoms with van der Waals surface area (Å²) < 4.78 is 5.60. The van der Waals surface area contributed by atoms with Crippen molar-refractivity contribution in [1.82, 2.24) is 30.0 Å². The molecule has 2 N–H and O–H groups in total. The summed E-state index contributed by atoms with van der Waals surface area (Å²) in [5.41, 5.74) is 8.23. The van der Waals surface area contributed by atoms with E-state index in [-0.39, 0.29) is 11.9 Å². The summed E-state index contributed by atoms with van der Waals surface area (Å²) >= 11 is 0. The molecular formula is C24H26N8O. The lowest BCUT2D eigenvalue weighted by Gasteiger charge is -2.30. The first-order chi connectivity index (χ1) is 16.2. The summed E-state index contributed by atoms with van der Waals surface area (Å²) in [6, 6.07) is 20.3. The van der Waals surface area contributed by atoms with Crippen LogP contribution in [-0.2, 0) is 6.54 Å². The standard InChI is InChI=1S/C24H26N8O/c1-31(19-10-6-3-7-11-19)24-28-20(27-23(25)29-24)21-26-22(33-30-21)18-12-14-32(15-13-18)16-17-8-4-2-5-9-17/h2-11,18H,12-16H2,1H3,(H2,25,27,28,29). The van der Waals surface area contributed by atoms with Crippen LogP contribution in [0.5, 0.6) is 0 Å². The van der Waals surface area contributed by atoms with Crippen molar-refractivity contribution < 1.29 is 4.52 Å².